The lowest BCUT2D eigenvalue weighted by atomic mass is 10.2. The molecule has 26 heavy (non-hydrogen) atoms. The van der Waals surface area contributed by atoms with E-state index in [1.807, 2.05) is 41.8 Å². The Morgan fingerprint density at radius 2 is 1.88 bits per heavy atom. The average molecular weight is 431 g/mol. The fourth-order valence-electron chi connectivity index (χ4n) is 2.29. The van der Waals surface area contributed by atoms with Gasteiger partial charge in [0.25, 0.3) is 5.91 Å². The van der Waals surface area contributed by atoms with Gasteiger partial charge in [-0.2, -0.15) is 0 Å². The summed E-state index contributed by atoms with van der Waals surface area (Å²) in [6.45, 7) is 2.82. The average Bonchev–Trinajstić information content (AvgIpc) is 3.11. The summed E-state index contributed by atoms with van der Waals surface area (Å²) in [4.78, 5) is 16.9. The first-order valence-corrected chi connectivity index (χ1v) is 10.1. The lowest BCUT2D eigenvalue weighted by molar-refractivity contribution is 0.102. The van der Waals surface area contributed by atoms with Crippen LogP contribution < -0.4 is 10.1 Å². The summed E-state index contributed by atoms with van der Waals surface area (Å²) in [7, 11) is 0. The van der Waals surface area contributed by atoms with Gasteiger partial charge in [-0.15, -0.1) is 11.3 Å². The number of unbranched alkanes of at least 4 members (excludes halogenated alkanes) is 1. The van der Waals surface area contributed by atoms with Gasteiger partial charge >= 0.3 is 0 Å². The molecule has 3 rings (SSSR count). The van der Waals surface area contributed by atoms with Crippen LogP contribution in [0.25, 0.3) is 11.3 Å². The number of nitrogens with one attached hydrogen (secondary N) is 1. The summed E-state index contributed by atoms with van der Waals surface area (Å²) in [5.74, 6) is 0.601. The number of aromatic nitrogens is 1. The van der Waals surface area contributed by atoms with Gasteiger partial charge in [0.15, 0.2) is 5.13 Å². The molecule has 1 amide bonds. The zero-order valence-electron chi connectivity index (χ0n) is 14.4. The second-order valence-electron chi connectivity index (χ2n) is 5.73. The van der Waals surface area contributed by atoms with E-state index in [1.54, 1.807) is 12.1 Å². The van der Waals surface area contributed by atoms with Crippen LogP contribution in [0.1, 0.15) is 30.1 Å². The number of hydrogen-bond donors (Lipinski definition) is 1. The molecule has 1 heterocycles. The molecule has 0 aliphatic carbocycles. The van der Waals surface area contributed by atoms with E-state index in [-0.39, 0.29) is 5.91 Å². The van der Waals surface area contributed by atoms with E-state index >= 15 is 0 Å². The highest BCUT2D eigenvalue weighted by molar-refractivity contribution is 9.10. The summed E-state index contributed by atoms with van der Waals surface area (Å²) < 4.78 is 6.64. The fraction of sp³-hybridized carbons (Fsp3) is 0.200. The quantitative estimate of drug-likeness (QED) is 0.467. The normalized spacial score (nSPS) is 10.5. The molecule has 3 aromatic rings. The van der Waals surface area contributed by atoms with Crippen molar-refractivity contribution in [3.8, 4) is 17.0 Å². The number of benzene rings is 2. The summed E-state index contributed by atoms with van der Waals surface area (Å²) in [6.07, 6.45) is 2.11. The molecule has 134 valence electrons. The van der Waals surface area contributed by atoms with Gasteiger partial charge in [0, 0.05) is 21.0 Å². The fourth-order valence-corrected chi connectivity index (χ4v) is 3.27. The minimum absolute atomic E-state index is 0.179. The first kappa shape index (κ1) is 18.6. The predicted octanol–water partition coefficient (Wildman–Crippen LogP) is 6.00. The topological polar surface area (TPSA) is 51.2 Å². The van der Waals surface area contributed by atoms with Gasteiger partial charge in [-0.3, -0.25) is 10.1 Å². The van der Waals surface area contributed by atoms with Crippen LogP contribution in [-0.2, 0) is 0 Å². The monoisotopic (exact) mass is 430 g/mol. The number of anilines is 1. The molecular formula is C20H19BrN2O2S. The highest BCUT2D eigenvalue weighted by Crippen LogP contribution is 2.26. The summed E-state index contributed by atoms with van der Waals surface area (Å²) in [5, 5.41) is 5.36. The molecule has 4 nitrogen and oxygen atoms in total. The number of ether oxygens (including phenoxy) is 1. The van der Waals surface area contributed by atoms with Crippen LogP contribution in [0.2, 0.25) is 0 Å². The molecule has 0 aliphatic rings. The number of halogens is 1. The summed E-state index contributed by atoms with van der Waals surface area (Å²) in [6, 6.07) is 15.1. The zero-order chi connectivity index (χ0) is 18.4. The van der Waals surface area contributed by atoms with Gasteiger partial charge in [-0.25, -0.2) is 4.98 Å². The second-order valence-corrected chi connectivity index (χ2v) is 7.50. The number of rotatable bonds is 7. The van der Waals surface area contributed by atoms with Crippen LogP contribution >= 0.6 is 27.3 Å². The van der Waals surface area contributed by atoms with Crippen molar-refractivity contribution in [3.63, 3.8) is 0 Å². The summed E-state index contributed by atoms with van der Waals surface area (Å²) >= 11 is 4.83. The van der Waals surface area contributed by atoms with E-state index in [0.717, 1.165) is 34.3 Å². The minimum atomic E-state index is -0.179. The van der Waals surface area contributed by atoms with Crippen molar-refractivity contribution >= 4 is 38.3 Å². The van der Waals surface area contributed by atoms with Crippen LogP contribution in [0.15, 0.2) is 58.4 Å². The molecule has 0 saturated carbocycles. The first-order chi connectivity index (χ1) is 12.7. The third kappa shape index (κ3) is 4.93. The zero-order valence-corrected chi connectivity index (χ0v) is 16.8. The van der Waals surface area contributed by atoms with Gasteiger partial charge in [0.05, 0.1) is 12.3 Å². The molecule has 0 fully saturated rings. The van der Waals surface area contributed by atoms with Gasteiger partial charge in [-0.05, 0) is 42.8 Å². The molecule has 0 saturated heterocycles. The van der Waals surface area contributed by atoms with Crippen molar-refractivity contribution in [2.24, 2.45) is 0 Å². The number of nitrogens with zero attached hydrogens (tertiary/aromatic N) is 1. The van der Waals surface area contributed by atoms with E-state index in [9.17, 15) is 4.79 Å². The van der Waals surface area contributed by atoms with Crippen LogP contribution in [0.3, 0.4) is 0 Å². The second kappa shape index (κ2) is 8.96. The number of thiazole rings is 1. The Kier molecular flexibility index (Phi) is 6.41. The maximum atomic E-state index is 12.4. The Morgan fingerprint density at radius 1 is 1.15 bits per heavy atom. The van der Waals surface area contributed by atoms with Crippen molar-refractivity contribution in [3.05, 3.63) is 63.9 Å². The molecular weight excluding hydrogens is 412 g/mol. The van der Waals surface area contributed by atoms with Gasteiger partial charge < -0.3 is 4.74 Å². The molecule has 0 radical (unpaired) electrons. The molecule has 0 unspecified atom stereocenters. The van der Waals surface area contributed by atoms with Crippen LogP contribution in [0.5, 0.6) is 5.75 Å². The van der Waals surface area contributed by atoms with Crippen LogP contribution in [0, 0.1) is 0 Å². The van der Waals surface area contributed by atoms with E-state index in [4.69, 9.17) is 4.74 Å². The molecule has 0 atom stereocenters. The van der Waals surface area contributed by atoms with Gasteiger partial charge in [0.2, 0.25) is 0 Å². The molecule has 6 heteroatoms. The lowest BCUT2D eigenvalue weighted by Crippen LogP contribution is -2.11. The van der Waals surface area contributed by atoms with Crippen molar-refractivity contribution in [1.82, 2.24) is 4.98 Å². The van der Waals surface area contributed by atoms with Crippen molar-refractivity contribution < 1.29 is 9.53 Å². The Morgan fingerprint density at radius 3 is 2.58 bits per heavy atom. The van der Waals surface area contributed by atoms with E-state index in [2.05, 4.69) is 33.2 Å². The molecule has 1 N–H and O–H groups in total. The number of hydrogen-bond acceptors (Lipinski definition) is 4. The smallest absolute Gasteiger partial charge is 0.257 e. The maximum Gasteiger partial charge on any atom is 0.257 e. The Hall–Kier alpha value is -2.18. The number of carbonyl (C=O) groups is 1. The Bertz CT molecular complexity index is 860. The Balaban J connectivity index is 1.62. The largest absolute Gasteiger partial charge is 0.494 e. The van der Waals surface area contributed by atoms with Crippen molar-refractivity contribution in [1.29, 1.82) is 0 Å². The predicted molar refractivity (Wildman–Crippen MR) is 110 cm³/mol. The molecule has 0 bridgehead atoms. The number of carbonyl (C=O) groups excluding carboxylic acids is 1. The summed E-state index contributed by atoms with van der Waals surface area (Å²) in [5.41, 5.74) is 2.43. The third-order valence-electron chi connectivity index (χ3n) is 3.75. The Labute approximate surface area is 165 Å². The SMILES string of the molecule is CCCCOc1ccc(C(=O)Nc2nc(-c3ccc(Br)cc3)cs2)cc1. The van der Waals surface area contributed by atoms with Crippen molar-refractivity contribution in [2.75, 3.05) is 11.9 Å². The van der Waals surface area contributed by atoms with Gasteiger partial charge in [-0.1, -0.05) is 41.4 Å². The molecule has 1 aromatic heterocycles. The highest BCUT2D eigenvalue weighted by atomic mass is 79.9. The van der Waals surface area contributed by atoms with Crippen molar-refractivity contribution in [2.45, 2.75) is 19.8 Å². The minimum Gasteiger partial charge on any atom is -0.494 e. The molecule has 0 aliphatic heterocycles. The molecule has 2 aromatic carbocycles. The maximum absolute atomic E-state index is 12.4. The highest BCUT2D eigenvalue weighted by Gasteiger charge is 2.10. The van der Waals surface area contributed by atoms with Crippen LogP contribution in [0.4, 0.5) is 5.13 Å². The molecule has 0 spiro atoms. The van der Waals surface area contributed by atoms with E-state index in [0.29, 0.717) is 17.3 Å². The van der Waals surface area contributed by atoms with Gasteiger partial charge in [0.1, 0.15) is 5.75 Å². The number of amides is 1. The van der Waals surface area contributed by atoms with Crippen LogP contribution in [-0.4, -0.2) is 17.5 Å². The lowest BCUT2D eigenvalue weighted by Gasteiger charge is -2.06. The van der Waals surface area contributed by atoms with E-state index in [1.165, 1.54) is 11.3 Å². The third-order valence-corrected chi connectivity index (χ3v) is 5.03. The standard InChI is InChI=1S/C20H19BrN2O2S/c1-2-3-12-25-17-10-6-15(7-11-17)19(24)23-20-22-18(13-26-20)14-4-8-16(21)9-5-14/h4-11,13H,2-3,12H2,1H3,(H,22,23,24). The van der Waals surface area contributed by atoms with E-state index < -0.39 is 0 Å². The first-order valence-electron chi connectivity index (χ1n) is 8.41.